The fourth-order valence-electron chi connectivity index (χ4n) is 23.5. The standard InChI is InChI=1S/C66H102N6/c1-37-19-45(20-38(2)57(37)33-67)49-27-50(46-21-39(3)58(34-68)40(4)22-46)30-53(29-49)71-61-15-11-9-13-55(61)65-63(71)17-18-64-66(65)56-14-10-12-16-62(56)72(64)54-31-51(47-23-41(5)59(35-69)42(6)24-47)28-52(32-54)48-25-43(7)60(36-70)44(8)26-48/h37-66H,9-32H2,1-8H3. The normalized spacial score (nSPS) is 55.1. The van der Waals surface area contributed by atoms with Gasteiger partial charge < -0.3 is 0 Å². The molecule has 0 bridgehead atoms. The van der Waals surface area contributed by atoms with E-state index in [2.05, 4.69) is 89.5 Å². The van der Waals surface area contributed by atoms with E-state index in [9.17, 15) is 21.0 Å². The third-order valence-electron chi connectivity index (χ3n) is 26.1. The summed E-state index contributed by atoms with van der Waals surface area (Å²) in [5, 5.41) is 41.0. The molecule has 2 aliphatic heterocycles. The maximum absolute atomic E-state index is 10.3. The van der Waals surface area contributed by atoms with Crippen LogP contribution in [0.25, 0.3) is 0 Å². The van der Waals surface area contributed by atoms with E-state index in [1.807, 2.05) is 0 Å². The summed E-state index contributed by atoms with van der Waals surface area (Å²) in [6.45, 7) is 19.3. The minimum atomic E-state index is 0.213. The minimum Gasteiger partial charge on any atom is -0.294 e. The zero-order valence-electron chi connectivity index (χ0n) is 47.0. The van der Waals surface area contributed by atoms with Crippen molar-refractivity contribution in [3.05, 3.63) is 0 Å². The highest BCUT2D eigenvalue weighted by Gasteiger charge is 2.64. The maximum Gasteiger partial charge on any atom is 0.0661 e. The lowest BCUT2D eigenvalue weighted by molar-refractivity contribution is -0.0330. The smallest absolute Gasteiger partial charge is 0.0661 e. The van der Waals surface area contributed by atoms with Gasteiger partial charge in [-0.25, -0.2) is 0 Å². The van der Waals surface area contributed by atoms with Crippen LogP contribution in [0.4, 0.5) is 0 Å². The van der Waals surface area contributed by atoms with E-state index in [1.54, 1.807) is 0 Å². The van der Waals surface area contributed by atoms with Gasteiger partial charge in [-0.05, 0) is 247 Å². The summed E-state index contributed by atoms with van der Waals surface area (Å²) in [5.41, 5.74) is 0. The molecule has 0 aromatic rings. The van der Waals surface area contributed by atoms with Crippen LogP contribution in [0.1, 0.15) is 209 Å². The van der Waals surface area contributed by atoms with Gasteiger partial charge in [0.1, 0.15) is 0 Å². The molecule has 11 rings (SSSR count). The molecule has 11 aliphatic rings. The highest BCUT2D eigenvalue weighted by Crippen LogP contribution is 2.63. The van der Waals surface area contributed by atoms with Gasteiger partial charge in [0.05, 0.1) is 47.9 Å². The monoisotopic (exact) mass is 979 g/mol. The Balaban J connectivity index is 0.903. The van der Waals surface area contributed by atoms with Crippen LogP contribution in [0, 0.1) is 187 Å². The van der Waals surface area contributed by atoms with Gasteiger partial charge in [0, 0.05) is 36.3 Å². The van der Waals surface area contributed by atoms with E-state index in [1.165, 1.54) is 154 Å². The Morgan fingerprint density at radius 3 is 0.764 bits per heavy atom. The second-order valence-electron chi connectivity index (χ2n) is 29.9. The summed E-state index contributed by atoms with van der Waals surface area (Å²) in [7, 11) is 0. The fourth-order valence-corrected chi connectivity index (χ4v) is 23.5. The summed E-state index contributed by atoms with van der Waals surface area (Å²) in [6, 6.07) is 15.6. The molecule has 2 saturated heterocycles. The molecule has 0 radical (unpaired) electrons. The number of likely N-dealkylation sites (tertiary alicyclic amines) is 2. The van der Waals surface area contributed by atoms with E-state index in [4.69, 9.17) is 0 Å². The Hall–Kier alpha value is -2.12. The number of nitriles is 4. The molecule has 72 heavy (non-hydrogen) atoms. The molecule has 6 heteroatoms. The predicted molar refractivity (Wildman–Crippen MR) is 289 cm³/mol. The zero-order valence-corrected chi connectivity index (χ0v) is 47.0. The lowest BCUT2D eigenvalue weighted by atomic mass is 9.58. The second kappa shape index (κ2) is 21.4. The first kappa shape index (κ1) is 52.0. The van der Waals surface area contributed by atoms with E-state index < -0.39 is 0 Å². The third-order valence-corrected chi connectivity index (χ3v) is 26.1. The molecule has 6 nitrogen and oxygen atoms in total. The van der Waals surface area contributed by atoms with Crippen LogP contribution in [-0.2, 0) is 0 Å². The molecule has 0 aromatic heterocycles. The highest BCUT2D eigenvalue weighted by molar-refractivity contribution is 5.17. The minimum absolute atomic E-state index is 0.213. The van der Waals surface area contributed by atoms with Crippen molar-refractivity contribution in [1.82, 2.24) is 9.80 Å². The van der Waals surface area contributed by atoms with Gasteiger partial charge in [0.25, 0.3) is 0 Å². The summed E-state index contributed by atoms with van der Waals surface area (Å²) in [4.78, 5) is 6.80. The number of hydrogen-bond donors (Lipinski definition) is 0. The first-order valence-electron chi connectivity index (χ1n) is 31.9. The van der Waals surface area contributed by atoms with E-state index in [-0.39, 0.29) is 23.7 Å². The molecular weight excluding hydrogens is 877 g/mol. The molecule has 20 atom stereocenters. The first-order chi connectivity index (χ1) is 34.8. The van der Waals surface area contributed by atoms with Gasteiger partial charge in [0.2, 0.25) is 0 Å². The molecule has 0 amide bonds. The van der Waals surface area contributed by atoms with Crippen molar-refractivity contribution in [2.24, 2.45) is 142 Å². The van der Waals surface area contributed by atoms with Gasteiger partial charge in [-0.2, -0.15) is 21.0 Å². The van der Waals surface area contributed by atoms with Crippen LogP contribution in [0.3, 0.4) is 0 Å². The average molecular weight is 980 g/mol. The Bertz CT molecular complexity index is 1760. The molecular formula is C66H102N6. The Morgan fingerprint density at radius 1 is 0.278 bits per heavy atom. The van der Waals surface area contributed by atoms with Crippen molar-refractivity contribution in [2.45, 2.75) is 246 Å². The van der Waals surface area contributed by atoms with Gasteiger partial charge in [0.15, 0.2) is 0 Å². The van der Waals surface area contributed by atoms with Gasteiger partial charge in [-0.15, -0.1) is 0 Å². The van der Waals surface area contributed by atoms with Gasteiger partial charge in [-0.3, -0.25) is 9.80 Å². The van der Waals surface area contributed by atoms with Crippen molar-refractivity contribution in [1.29, 1.82) is 21.0 Å². The lowest BCUT2D eigenvalue weighted by Gasteiger charge is -2.53. The van der Waals surface area contributed by atoms with Crippen molar-refractivity contribution in [2.75, 3.05) is 0 Å². The number of nitrogens with zero attached hydrogens (tertiary/aromatic N) is 6. The van der Waals surface area contributed by atoms with Crippen molar-refractivity contribution in [3.63, 3.8) is 0 Å². The number of rotatable bonds is 6. The van der Waals surface area contributed by atoms with Crippen molar-refractivity contribution < 1.29 is 0 Å². The Labute approximate surface area is 440 Å². The molecule has 11 fully saturated rings. The van der Waals surface area contributed by atoms with E-state index >= 15 is 0 Å². The molecule has 396 valence electrons. The highest BCUT2D eigenvalue weighted by atomic mass is 15.3. The largest absolute Gasteiger partial charge is 0.294 e. The van der Waals surface area contributed by atoms with Crippen LogP contribution < -0.4 is 0 Å². The van der Waals surface area contributed by atoms with Crippen LogP contribution in [0.2, 0.25) is 0 Å². The second-order valence-corrected chi connectivity index (χ2v) is 29.9. The fraction of sp³-hybridized carbons (Fsp3) is 0.939. The first-order valence-corrected chi connectivity index (χ1v) is 31.9. The van der Waals surface area contributed by atoms with Crippen LogP contribution >= 0.6 is 0 Å². The molecule has 2 heterocycles. The van der Waals surface area contributed by atoms with E-state index in [0.717, 1.165) is 95.2 Å². The van der Waals surface area contributed by atoms with Gasteiger partial charge >= 0.3 is 0 Å². The molecule has 20 unspecified atom stereocenters. The molecule has 0 N–H and O–H groups in total. The summed E-state index contributed by atoms with van der Waals surface area (Å²) in [6.07, 6.45) is 32.8. The van der Waals surface area contributed by atoms with Crippen LogP contribution in [0.5, 0.6) is 0 Å². The van der Waals surface area contributed by atoms with E-state index in [0.29, 0.717) is 59.4 Å². The lowest BCUT2D eigenvalue weighted by Crippen LogP contribution is -2.55. The molecule has 9 saturated carbocycles. The quantitative estimate of drug-likeness (QED) is 0.263. The van der Waals surface area contributed by atoms with Crippen molar-refractivity contribution >= 4 is 0 Å². The van der Waals surface area contributed by atoms with Crippen LogP contribution in [-0.4, -0.2) is 46.1 Å². The predicted octanol–water partition coefficient (Wildman–Crippen LogP) is 15.4. The number of fused-ring (bicyclic) bond motifs is 7. The van der Waals surface area contributed by atoms with Crippen LogP contribution in [0.15, 0.2) is 0 Å². The third kappa shape index (κ3) is 9.28. The average Bonchev–Trinajstić information content (AvgIpc) is 3.88. The molecule has 0 aromatic carbocycles. The summed E-state index contributed by atoms with van der Waals surface area (Å²) >= 11 is 0. The Morgan fingerprint density at radius 2 is 0.514 bits per heavy atom. The Kier molecular flexibility index (Phi) is 15.4. The molecule has 9 aliphatic carbocycles. The molecule has 0 spiro atoms. The van der Waals surface area contributed by atoms with Crippen molar-refractivity contribution in [3.8, 4) is 24.3 Å². The SMILES string of the molecule is CC1CC(C2CC(C3CC(C)C(C#N)C(C)C3)CC(N3C4CCCCC4C4C5C6CCCCC6N(C6CC(C7CC(C)C(C#N)C(C)C7)CC(C7CC(C)C(C#N)C(C)C7)C6)C5CCC43)C2)CC(C)C1C#N. The van der Waals surface area contributed by atoms with Gasteiger partial charge in [-0.1, -0.05) is 81.1 Å². The summed E-state index contributed by atoms with van der Waals surface area (Å²) in [5.74, 6) is 14.4. The zero-order chi connectivity index (χ0) is 50.3. The topological polar surface area (TPSA) is 102 Å². The maximum atomic E-state index is 10.3. The summed E-state index contributed by atoms with van der Waals surface area (Å²) < 4.78 is 0. The number of hydrogen-bond acceptors (Lipinski definition) is 6.